The molecule has 2 aromatic rings. The molecule has 1 aliphatic heterocycles. The quantitative estimate of drug-likeness (QED) is 0.597. The Labute approximate surface area is 202 Å². The highest BCUT2D eigenvalue weighted by molar-refractivity contribution is 6.03. The molecule has 190 valence electrons. The maximum atomic E-state index is 15.4. The van der Waals surface area contributed by atoms with Gasteiger partial charge in [0.25, 0.3) is 0 Å². The molecule has 2 atom stereocenters. The first-order valence-corrected chi connectivity index (χ1v) is 11.2. The largest absolute Gasteiger partial charge is 0.481 e. The van der Waals surface area contributed by atoms with Crippen LogP contribution >= 0.6 is 0 Å². The van der Waals surface area contributed by atoms with E-state index in [-0.39, 0.29) is 42.9 Å². The fraction of sp³-hybridized carbons (Fsp3) is 0.458. The van der Waals surface area contributed by atoms with Gasteiger partial charge < -0.3 is 19.7 Å². The van der Waals surface area contributed by atoms with Gasteiger partial charge in [0.1, 0.15) is 11.9 Å². The van der Waals surface area contributed by atoms with Crippen molar-refractivity contribution in [3.8, 4) is 11.8 Å². The van der Waals surface area contributed by atoms with E-state index in [1.165, 1.54) is 36.0 Å². The summed E-state index contributed by atoms with van der Waals surface area (Å²) in [5.41, 5.74) is 1.17. The summed E-state index contributed by atoms with van der Waals surface area (Å²) in [6.45, 7) is 2.20. The number of nitrogens with one attached hydrogen (secondary N) is 1. The van der Waals surface area contributed by atoms with Gasteiger partial charge in [0.05, 0.1) is 19.7 Å². The van der Waals surface area contributed by atoms with E-state index in [4.69, 9.17) is 4.74 Å². The van der Waals surface area contributed by atoms with Gasteiger partial charge in [0.2, 0.25) is 17.7 Å². The number of ether oxygens (including phenoxy) is 2. The highest BCUT2D eigenvalue weighted by atomic mass is 19.3. The van der Waals surface area contributed by atoms with Gasteiger partial charge in [0, 0.05) is 25.2 Å². The van der Waals surface area contributed by atoms with Gasteiger partial charge in [-0.2, -0.15) is 13.8 Å². The Morgan fingerprint density at radius 3 is 2.51 bits per heavy atom. The molecule has 1 aromatic carbocycles. The minimum atomic E-state index is -3.19. The number of hydrogen-bond acceptors (Lipinski definition) is 5. The number of carbonyl (C=O) groups excluding carboxylic acids is 2. The van der Waals surface area contributed by atoms with Crippen LogP contribution in [-0.4, -0.2) is 60.8 Å². The third kappa shape index (κ3) is 6.14. The average molecular weight is 495 g/mol. The van der Waals surface area contributed by atoms with Crippen LogP contribution in [0, 0.1) is 0 Å². The van der Waals surface area contributed by atoms with Crippen LogP contribution in [0.4, 0.5) is 29.3 Å². The lowest BCUT2D eigenvalue weighted by atomic mass is 9.96. The summed E-state index contributed by atoms with van der Waals surface area (Å²) in [5, 5.41) is 2.55. The first-order valence-electron chi connectivity index (χ1n) is 11.2. The molecule has 0 spiro atoms. The zero-order valence-corrected chi connectivity index (χ0v) is 20.0. The summed E-state index contributed by atoms with van der Waals surface area (Å²) in [7, 11) is 1.31. The number of methoxy groups -OCH3 is 1. The minimum absolute atomic E-state index is 0.0113. The molecule has 1 aromatic heterocycles. The van der Waals surface area contributed by atoms with Crippen LogP contribution in [0.25, 0.3) is 0 Å². The van der Waals surface area contributed by atoms with E-state index in [1.54, 1.807) is 12.1 Å². The van der Waals surface area contributed by atoms with Gasteiger partial charge in [-0.05, 0) is 30.0 Å². The predicted molar refractivity (Wildman–Crippen MR) is 125 cm³/mol. The first kappa shape index (κ1) is 26.1. The van der Waals surface area contributed by atoms with E-state index in [0.29, 0.717) is 5.69 Å². The van der Waals surface area contributed by atoms with Crippen molar-refractivity contribution in [3.63, 3.8) is 0 Å². The van der Waals surface area contributed by atoms with Crippen LogP contribution in [0.2, 0.25) is 0 Å². The first-order chi connectivity index (χ1) is 16.6. The Bertz CT molecular complexity index is 1050. The Kier molecular flexibility index (Phi) is 8.42. The number of para-hydroxylation sites is 1. The van der Waals surface area contributed by atoms with E-state index in [1.807, 2.05) is 26.0 Å². The maximum Gasteiger partial charge on any atom is 0.388 e. The number of anilines is 2. The smallest absolute Gasteiger partial charge is 0.388 e. The number of urea groups is 1. The Balaban J connectivity index is 2.01. The molecule has 0 bridgehead atoms. The Morgan fingerprint density at radius 1 is 1.20 bits per heavy atom. The highest BCUT2D eigenvalue weighted by Gasteiger charge is 2.38. The van der Waals surface area contributed by atoms with Crippen LogP contribution in [0.5, 0.6) is 11.8 Å². The topological polar surface area (TPSA) is 84.0 Å². The van der Waals surface area contributed by atoms with Crippen molar-refractivity contribution in [3.05, 3.63) is 42.0 Å². The van der Waals surface area contributed by atoms with Gasteiger partial charge in [-0.3, -0.25) is 9.69 Å². The van der Waals surface area contributed by atoms with Crippen LogP contribution < -0.4 is 19.7 Å². The van der Waals surface area contributed by atoms with Crippen LogP contribution in [0.1, 0.15) is 38.7 Å². The molecular weight excluding hydrogens is 465 g/mol. The number of halogens is 3. The summed E-state index contributed by atoms with van der Waals surface area (Å²) in [5.74, 6) is -0.755. The van der Waals surface area contributed by atoms with E-state index in [0.717, 1.165) is 5.56 Å². The zero-order chi connectivity index (χ0) is 25.7. The molecule has 3 rings (SSSR count). The molecule has 2 heterocycles. The molecule has 0 unspecified atom stereocenters. The van der Waals surface area contributed by atoms with Crippen molar-refractivity contribution in [1.29, 1.82) is 0 Å². The van der Waals surface area contributed by atoms with Gasteiger partial charge in [-0.1, -0.05) is 32.0 Å². The second kappa shape index (κ2) is 11.3. The van der Waals surface area contributed by atoms with Gasteiger partial charge in [-0.15, -0.1) is 0 Å². The van der Waals surface area contributed by atoms with Crippen molar-refractivity contribution in [2.45, 2.75) is 51.9 Å². The summed E-state index contributed by atoms with van der Waals surface area (Å²) in [4.78, 5) is 31.9. The Hall–Kier alpha value is -3.50. The number of nitrogens with zero attached hydrogens (tertiary/aromatic N) is 3. The number of hydrogen-bond donors (Lipinski definition) is 1. The van der Waals surface area contributed by atoms with Crippen LogP contribution in [0.15, 0.2) is 36.4 Å². The lowest BCUT2D eigenvalue weighted by Crippen LogP contribution is -2.56. The summed E-state index contributed by atoms with van der Waals surface area (Å²) in [6.07, 6.45) is -1.33. The number of piperidine rings is 1. The summed E-state index contributed by atoms with van der Waals surface area (Å²) >= 11 is 0. The number of amides is 3. The SMILES string of the molecule is COc1ccc(NC(=O)N(c2ccccc2C(C)C)[C@@H]2CCN(C(C)=O)C[C@@H]2F)c(OC(F)F)n1. The third-order valence-electron chi connectivity index (χ3n) is 5.81. The number of rotatable bonds is 7. The van der Waals surface area contributed by atoms with Crippen molar-refractivity contribution in [2.24, 2.45) is 0 Å². The van der Waals surface area contributed by atoms with Crippen molar-refractivity contribution >= 4 is 23.3 Å². The van der Waals surface area contributed by atoms with E-state index < -0.39 is 30.7 Å². The van der Waals surface area contributed by atoms with Crippen LogP contribution in [-0.2, 0) is 4.79 Å². The molecule has 0 saturated carbocycles. The number of aromatic nitrogens is 1. The molecule has 1 aliphatic rings. The van der Waals surface area contributed by atoms with Gasteiger partial charge in [-0.25, -0.2) is 9.18 Å². The van der Waals surface area contributed by atoms with Crippen molar-refractivity contribution in [1.82, 2.24) is 9.88 Å². The van der Waals surface area contributed by atoms with Crippen molar-refractivity contribution < 1.29 is 32.2 Å². The molecular formula is C24H29F3N4O4. The van der Waals surface area contributed by atoms with E-state index in [2.05, 4.69) is 15.0 Å². The number of pyridine rings is 1. The number of carbonyl (C=O) groups is 2. The van der Waals surface area contributed by atoms with Crippen LogP contribution in [0.3, 0.4) is 0 Å². The summed E-state index contributed by atoms with van der Waals surface area (Å²) in [6, 6.07) is 8.18. The zero-order valence-electron chi connectivity index (χ0n) is 20.0. The molecule has 1 fully saturated rings. The number of alkyl halides is 3. The fourth-order valence-corrected chi connectivity index (χ4v) is 4.09. The molecule has 1 saturated heterocycles. The normalized spacial score (nSPS) is 17.9. The average Bonchev–Trinajstić information content (AvgIpc) is 2.81. The fourth-order valence-electron chi connectivity index (χ4n) is 4.09. The minimum Gasteiger partial charge on any atom is -0.481 e. The highest BCUT2D eigenvalue weighted by Crippen LogP contribution is 2.34. The maximum absolute atomic E-state index is 15.4. The van der Waals surface area contributed by atoms with E-state index in [9.17, 15) is 18.4 Å². The predicted octanol–water partition coefficient (Wildman–Crippen LogP) is 4.81. The lowest BCUT2D eigenvalue weighted by Gasteiger charge is -2.41. The van der Waals surface area contributed by atoms with Gasteiger partial charge in [0.15, 0.2) is 0 Å². The van der Waals surface area contributed by atoms with Crippen molar-refractivity contribution in [2.75, 3.05) is 30.4 Å². The molecule has 11 heteroatoms. The van der Waals surface area contributed by atoms with Gasteiger partial charge >= 0.3 is 12.6 Å². The second-order valence-electron chi connectivity index (χ2n) is 8.44. The molecule has 8 nitrogen and oxygen atoms in total. The number of likely N-dealkylation sites (tertiary alicyclic amines) is 1. The molecule has 0 radical (unpaired) electrons. The molecule has 3 amide bonds. The molecule has 1 N–H and O–H groups in total. The summed E-state index contributed by atoms with van der Waals surface area (Å²) < 4.78 is 50.8. The Morgan fingerprint density at radius 2 is 1.91 bits per heavy atom. The molecule has 0 aliphatic carbocycles. The molecule has 35 heavy (non-hydrogen) atoms. The second-order valence-corrected chi connectivity index (χ2v) is 8.44. The monoisotopic (exact) mass is 494 g/mol. The third-order valence-corrected chi connectivity index (χ3v) is 5.81. The number of benzene rings is 1. The lowest BCUT2D eigenvalue weighted by molar-refractivity contribution is -0.131. The van der Waals surface area contributed by atoms with E-state index >= 15 is 4.39 Å². The standard InChI is InChI=1S/C24H29F3N4O4/c1-14(2)16-7-5-6-8-19(16)31(20-11-12-30(15(3)32)13-17(20)25)24(33)28-18-9-10-21(34-4)29-22(18)35-23(26)27/h5-10,14,17,20,23H,11-13H2,1-4H3,(H,28,33)/t17-,20+/m0/s1.